The van der Waals surface area contributed by atoms with Crippen LogP contribution < -0.4 is 5.56 Å². The van der Waals surface area contributed by atoms with E-state index in [9.17, 15) is 9.18 Å². The summed E-state index contributed by atoms with van der Waals surface area (Å²) >= 11 is 0. The minimum Gasteiger partial charge on any atom is -0.326 e. The van der Waals surface area contributed by atoms with Crippen LogP contribution in [0.3, 0.4) is 0 Å². The number of hydrogen-bond donors (Lipinski definition) is 1. The molecule has 1 aliphatic heterocycles. The molecule has 1 fully saturated rings. The maximum absolute atomic E-state index is 12.9. The second-order valence-corrected chi connectivity index (χ2v) is 4.90. The third-order valence-corrected chi connectivity index (χ3v) is 3.04. The third-order valence-electron chi connectivity index (χ3n) is 2.62. The molecule has 5 heteroatoms. The van der Waals surface area contributed by atoms with Crippen LogP contribution in [-0.2, 0) is 6.42 Å². The zero-order valence-electron chi connectivity index (χ0n) is 8.37. The van der Waals surface area contributed by atoms with E-state index in [0.717, 1.165) is 31.6 Å². The number of H-pyrrole nitrogens is 1. The quantitative estimate of drug-likeness (QED) is 0.770. The normalized spacial score (nSPS) is 17.7. The fourth-order valence-corrected chi connectivity index (χ4v) is 2.32. The lowest BCUT2D eigenvalue weighted by Gasteiger charge is -2.36. The van der Waals surface area contributed by atoms with Crippen molar-refractivity contribution in [2.75, 3.05) is 19.6 Å². The highest BCUT2D eigenvalue weighted by Crippen LogP contribution is 2.16. The van der Waals surface area contributed by atoms with Crippen LogP contribution in [0.15, 0.2) is 17.1 Å². The largest absolute Gasteiger partial charge is 0.326 e. The first-order valence-electron chi connectivity index (χ1n) is 5.00. The number of rotatable bonds is 3. The van der Waals surface area contributed by atoms with Gasteiger partial charge in [0.25, 0.3) is 5.56 Å². The van der Waals surface area contributed by atoms with E-state index >= 15 is 0 Å². The van der Waals surface area contributed by atoms with E-state index in [1.165, 1.54) is 6.07 Å². The van der Waals surface area contributed by atoms with Crippen LogP contribution >= 0.6 is 9.24 Å². The molecule has 0 aromatic carbocycles. The first-order valence-corrected chi connectivity index (χ1v) is 5.67. The number of aromatic amines is 1. The molecule has 0 amide bonds. The average Bonchev–Trinajstić information content (AvgIpc) is 2.16. The zero-order chi connectivity index (χ0) is 10.8. The Hall–Kier alpha value is -0.730. The molecule has 1 saturated heterocycles. The topological polar surface area (TPSA) is 36.1 Å². The van der Waals surface area contributed by atoms with Crippen molar-refractivity contribution in [2.45, 2.75) is 12.1 Å². The Morgan fingerprint density at radius 2 is 2.33 bits per heavy atom. The van der Waals surface area contributed by atoms with E-state index in [2.05, 4.69) is 19.1 Å². The van der Waals surface area contributed by atoms with Crippen molar-refractivity contribution < 1.29 is 4.39 Å². The molecule has 0 radical (unpaired) electrons. The number of halogens is 1. The highest BCUT2D eigenvalue weighted by molar-refractivity contribution is 7.17. The Morgan fingerprint density at radius 3 is 2.93 bits per heavy atom. The number of nitrogens with zero attached hydrogens (tertiary/aromatic N) is 1. The molecule has 0 spiro atoms. The van der Waals surface area contributed by atoms with E-state index in [-0.39, 0.29) is 0 Å². The molecule has 1 aliphatic rings. The summed E-state index contributed by atoms with van der Waals surface area (Å²) in [5.74, 6) is -0.694. The van der Waals surface area contributed by atoms with Gasteiger partial charge < -0.3 is 9.88 Å². The molecular formula is C10H14FN2OP. The smallest absolute Gasteiger partial charge is 0.283 e. The minimum atomic E-state index is -0.694. The van der Waals surface area contributed by atoms with Crippen LogP contribution in [0.4, 0.5) is 4.39 Å². The van der Waals surface area contributed by atoms with Gasteiger partial charge in [-0.2, -0.15) is 0 Å². The highest BCUT2D eigenvalue weighted by Gasteiger charge is 2.21. The second kappa shape index (κ2) is 4.42. The van der Waals surface area contributed by atoms with Crippen molar-refractivity contribution in [1.29, 1.82) is 0 Å². The van der Waals surface area contributed by atoms with E-state index in [0.29, 0.717) is 5.66 Å². The molecule has 0 saturated carbocycles. The van der Waals surface area contributed by atoms with Gasteiger partial charge >= 0.3 is 0 Å². The second-order valence-electron chi connectivity index (χ2n) is 3.95. The van der Waals surface area contributed by atoms with Crippen LogP contribution in [0.1, 0.15) is 5.56 Å². The minimum absolute atomic E-state index is 0.646. The molecule has 1 aromatic rings. The Kier molecular flexibility index (Phi) is 3.17. The molecule has 2 heterocycles. The maximum atomic E-state index is 12.9. The van der Waals surface area contributed by atoms with Crippen molar-refractivity contribution in [3.8, 4) is 0 Å². The fourth-order valence-electron chi connectivity index (χ4n) is 1.72. The summed E-state index contributed by atoms with van der Waals surface area (Å²) in [6.45, 7) is 3.11. The van der Waals surface area contributed by atoms with Crippen LogP contribution in [-0.4, -0.2) is 35.2 Å². The summed E-state index contributed by atoms with van der Waals surface area (Å²) in [7, 11) is 2.79. The van der Waals surface area contributed by atoms with Gasteiger partial charge in [-0.1, -0.05) is 0 Å². The fraction of sp³-hybridized carbons (Fsp3) is 0.500. The van der Waals surface area contributed by atoms with Gasteiger partial charge in [0, 0.05) is 25.8 Å². The number of aromatic nitrogens is 1. The van der Waals surface area contributed by atoms with Gasteiger partial charge in [0.15, 0.2) is 5.82 Å². The van der Waals surface area contributed by atoms with Gasteiger partial charge in [0.2, 0.25) is 0 Å². The zero-order valence-corrected chi connectivity index (χ0v) is 9.53. The van der Waals surface area contributed by atoms with E-state index in [4.69, 9.17) is 0 Å². The van der Waals surface area contributed by atoms with Crippen molar-refractivity contribution in [2.24, 2.45) is 0 Å². The van der Waals surface area contributed by atoms with Crippen LogP contribution in [0, 0.1) is 5.82 Å². The lowest BCUT2D eigenvalue weighted by Crippen LogP contribution is -2.48. The van der Waals surface area contributed by atoms with Crippen molar-refractivity contribution >= 4 is 9.24 Å². The number of nitrogens with one attached hydrogen (secondary N) is 1. The predicted molar refractivity (Wildman–Crippen MR) is 60.7 cm³/mol. The third kappa shape index (κ3) is 2.64. The summed E-state index contributed by atoms with van der Waals surface area (Å²) in [5.41, 5.74) is 0.907. The summed E-state index contributed by atoms with van der Waals surface area (Å²) in [5, 5.41) is 0. The molecule has 3 nitrogen and oxygen atoms in total. The van der Waals surface area contributed by atoms with Gasteiger partial charge in [-0.05, 0) is 23.7 Å². The standard InChI is InChI=1S/C10H14FN2OP/c11-9-3-7(4-12-10(9)14)1-2-13-5-8(15)6-13/h3-4,8H,1-2,5-6,15H2,(H,12,14). The van der Waals surface area contributed by atoms with Crippen molar-refractivity contribution in [3.05, 3.63) is 34.0 Å². The molecule has 1 atom stereocenters. The monoisotopic (exact) mass is 228 g/mol. The lowest BCUT2D eigenvalue weighted by molar-refractivity contribution is 0.192. The van der Waals surface area contributed by atoms with Crippen LogP contribution in [0.5, 0.6) is 0 Å². The van der Waals surface area contributed by atoms with Crippen molar-refractivity contribution in [1.82, 2.24) is 9.88 Å². The molecule has 1 aromatic heterocycles. The van der Waals surface area contributed by atoms with Crippen LogP contribution in [0.2, 0.25) is 0 Å². The van der Waals surface area contributed by atoms with Gasteiger partial charge in [-0.3, -0.25) is 4.79 Å². The summed E-state index contributed by atoms with van der Waals surface area (Å²) in [6, 6.07) is 1.32. The first kappa shape index (κ1) is 10.8. The van der Waals surface area contributed by atoms with E-state index < -0.39 is 11.4 Å². The highest BCUT2D eigenvalue weighted by atomic mass is 31.0. The molecule has 82 valence electrons. The van der Waals surface area contributed by atoms with Gasteiger partial charge in [-0.25, -0.2) is 4.39 Å². The first-order chi connectivity index (χ1) is 7.15. The average molecular weight is 228 g/mol. The summed E-state index contributed by atoms with van der Waals surface area (Å²) in [4.78, 5) is 15.5. The SMILES string of the molecule is O=c1[nH]cc(CCN2CC(P)C2)cc1F. The molecule has 1 unspecified atom stereocenters. The van der Waals surface area contributed by atoms with Gasteiger partial charge in [-0.15, -0.1) is 9.24 Å². The molecule has 15 heavy (non-hydrogen) atoms. The molecule has 0 bridgehead atoms. The lowest BCUT2D eigenvalue weighted by atomic mass is 10.1. The predicted octanol–water partition coefficient (Wildman–Crippen LogP) is 0.616. The number of hydrogen-bond acceptors (Lipinski definition) is 2. The number of pyridine rings is 1. The van der Waals surface area contributed by atoms with Crippen molar-refractivity contribution in [3.63, 3.8) is 0 Å². The summed E-state index contributed by atoms with van der Waals surface area (Å²) in [6.07, 6.45) is 2.37. The Balaban J connectivity index is 1.88. The van der Waals surface area contributed by atoms with Gasteiger partial charge in [0.05, 0.1) is 0 Å². The molecular weight excluding hydrogens is 214 g/mol. The maximum Gasteiger partial charge on any atom is 0.283 e. The molecule has 2 rings (SSSR count). The Morgan fingerprint density at radius 1 is 1.60 bits per heavy atom. The van der Waals surface area contributed by atoms with Gasteiger partial charge in [0.1, 0.15) is 0 Å². The molecule has 0 aliphatic carbocycles. The van der Waals surface area contributed by atoms with E-state index in [1.807, 2.05) is 0 Å². The number of likely N-dealkylation sites (tertiary alicyclic amines) is 1. The Bertz CT molecular complexity index is 401. The Labute approximate surface area is 89.9 Å². The summed E-state index contributed by atoms with van der Waals surface area (Å²) < 4.78 is 12.9. The van der Waals surface area contributed by atoms with Crippen LogP contribution in [0.25, 0.3) is 0 Å². The van der Waals surface area contributed by atoms with E-state index in [1.54, 1.807) is 6.20 Å². The molecule has 1 N–H and O–H groups in total.